The molecular weight excluding hydrogens is 626 g/mol. The molecule has 0 spiro atoms. The maximum absolute atomic E-state index is 12.7. The lowest BCUT2D eigenvalue weighted by Gasteiger charge is -2.35. The number of anilines is 1. The smallest absolute Gasteiger partial charge is 0.410 e. The van der Waals surface area contributed by atoms with Gasteiger partial charge in [0.2, 0.25) is 0 Å². The van der Waals surface area contributed by atoms with E-state index in [2.05, 4.69) is 53.1 Å². The molecule has 50 heavy (non-hydrogen) atoms. The van der Waals surface area contributed by atoms with E-state index in [1.165, 1.54) is 18.2 Å². The van der Waals surface area contributed by atoms with Gasteiger partial charge in [-0.05, 0) is 86.1 Å². The SMILES string of the molecule is COC(=O)c1ccc(-c2ccc(-c3ncc(N4CCN(CCc5ccccc5C)CC4)cn3)cc2)cc1C1=CCN(C(=O)OC(C)(C)C)CC1. The summed E-state index contributed by atoms with van der Waals surface area (Å²) in [5.41, 5.74) is 8.52. The predicted octanol–water partition coefficient (Wildman–Crippen LogP) is 7.29. The Bertz CT molecular complexity index is 1840. The Morgan fingerprint density at radius 1 is 0.840 bits per heavy atom. The molecule has 0 saturated carbocycles. The molecule has 6 rings (SSSR count). The third-order valence-corrected chi connectivity index (χ3v) is 9.44. The van der Waals surface area contributed by atoms with Gasteiger partial charge in [0, 0.05) is 51.4 Å². The molecule has 9 nitrogen and oxygen atoms in total. The fourth-order valence-electron chi connectivity index (χ4n) is 6.53. The van der Waals surface area contributed by atoms with Crippen LogP contribution in [0, 0.1) is 6.92 Å². The van der Waals surface area contributed by atoms with Crippen molar-refractivity contribution in [1.82, 2.24) is 19.8 Å². The van der Waals surface area contributed by atoms with Crippen LogP contribution >= 0.6 is 0 Å². The van der Waals surface area contributed by atoms with Crippen LogP contribution in [-0.4, -0.2) is 90.4 Å². The zero-order chi connectivity index (χ0) is 35.3. The number of hydrogen-bond donors (Lipinski definition) is 0. The summed E-state index contributed by atoms with van der Waals surface area (Å²) in [6.07, 6.45) is 7.20. The Hall–Kier alpha value is -5.02. The van der Waals surface area contributed by atoms with Crippen LogP contribution in [0.3, 0.4) is 0 Å². The lowest BCUT2D eigenvalue weighted by Crippen LogP contribution is -2.47. The number of piperazine rings is 1. The molecule has 9 heteroatoms. The molecule has 260 valence electrons. The van der Waals surface area contributed by atoms with Crippen LogP contribution in [0.5, 0.6) is 0 Å². The van der Waals surface area contributed by atoms with Gasteiger partial charge in [0.05, 0.1) is 30.8 Å². The molecule has 1 saturated heterocycles. The Labute approximate surface area is 295 Å². The summed E-state index contributed by atoms with van der Waals surface area (Å²) in [6, 6.07) is 22.6. The lowest BCUT2D eigenvalue weighted by molar-refractivity contribution is 0.0270. The van der Waals surface area contributed by atoms with E-state index >= 15 is 0 Å². The second-order valence-corrected chi connectivity index (χ2v) is 14.0. The van der Waals surface area contributed by atoms with Gasteiger partial charge in [0.15, 0.2) is 5.82 Å². The highest BCUT2D eigenvalue weighted by atomic mass is 16.6. The van der Waals surface area contributed by atoms with Gasteiger partial charge in [-0.15, -0.1) is 0 Å². The molecule has 3 heterocycles. The number of methoxy groups -OCH3 is 1. The van der Waals surface area contributed by atoms with Crippen LogP contribution in [0.2, 0.25) is 0 Å². The number of esters is 1. The highest BCUT2D eigenvalue weighted by Crippen LogP contribution is 2.32. The highest BCUT2D eigenvalue weighted by molar-refractivity contribution is 5.97. The zero-order valence-electron chi connectivity index (χ0n) is 29.8. The summed E-state index contributed by atoms with van der Waals surface area (Å²) < 4.78 is 10.6. The monoisotopic (exact) mass is 673 g/mol. The zero-order valence-corrected chi connectivity index (χ0v) is 29.8. The van der Waals surface area contributed by atoms with Crippen LogP contribution in [-0.2, 0) is 15.9 Å². The first kappa shape index (κ1) is 34.8. The number of aryl methyl sites for hydroxylation is 1. The standard InChI is InChI=1S/C41H47N5O4/c1-29-8-6-7-9-30(29)16-19-44-22-24-45(25-23-44)35-27-42-38(43-28-35)33-12-10-31(11-13-33)34-14-15-36(39(47)49-5)37(26-34)32-17-20-46(21-18-32)40(48)50-41(2,3)4/h6-15,17,26-28H,16,18-25H2,1-5H3. The van der Waals surface area contributed by atoms with Crippen LogP contribution < -0.4 is 4.90 Å². The molecule has 1 aromatic heterocycles. The van der Waals surface area contributed by atoms with Gasteiger partial charge in [0.1, 0.15) is 5.60 Å². The summed E-state index contributed by atoms with van der Waals surface area (Å²) in [5.74, 6) is 0.291. The fourth-order valence-corrected chi connectivity index (χ4v) is 6.53. The predicted molar refractivity (Wildman–Crippen MR) is 198 cm³/mol. The van der Waals surface area contributed by atoms with Gasteiger partial charge in [-0.3, -0.25) is 4.90 Å². The van der Waals surface area contributed by atoms with Crippen molar-refractivity contribution >= 4 is 23.3 Å². The van der Waals surface area contributed by atoms with Gasteiger partial charge in [-0.1, -0.05) is 60.7 Å². The summed E-state index contributed by atoms with van der Waals surface area (Å²) >= 11 is 0. The minimum absolute atomic E-state index is 0.337. The van der Waals surface area contributed by atoms with Gasteiger partial charge in [-0.2, -0.15) is 0 Å². The van der Waals surface area contributed by atoms with E-state index in [1.54, 1.807) is 4.90 Å². The highest BCUT2D eigenvalue weighted by Gasteiger charge is 2.26. The summed E-state index contributed by atoms with van der Waals surface area (Å²) in [5, 5.41) is 0. The maximum Gasteiger partial charge on any atom is 0.410 e. The molecule has 0 atom stereocenters. The van der Waals surface area contributed by atoms with E-state index in [4.69, 9.17) is 19.4 Å². The molecule has 0 unspecified atom stereocenters. The van der Waals surface area contributed by atoms with E-state index in [0.717, 1.165) is 72.7 Å². The summed E-state index contributed by atoms with van der Waals surface area (Å²) in [7, 11) is 1.39. The molecule has 4 aromatic rings. The molecule has 1 amide bonds. The largest absolute Gasteiger partial charge is 0.465 e. The molecule has 0 N–H and O–H groups in total. The number of rotatable bonds is 8. The number of aromatic nitrogens is 2. The quantitative estimate of drug-likeness (QED) is 0.180. The normalized spacial score (nSPS) is 15.4. The minimum atomic E-state index is -0.558. The van der Waals surface area contributed by atoms with E-state index < -0.39 is 11.6 Å². The average Bonchev–Trinajstić information content (AvgIpc) is 3.14. The van der Waals surface area contributed by atoms with Crippen molar-refractivity contribution in [3.8, 4) is 22.5 Å². The molecule has 0 aliphatic carbocycles. The molecule has 0 radical (unpaired) electrons. The van der Waals surface area contributed by atoms with Crippen LogP contribution in [0.15, 0.2) is 85.2 Å². The molecule has 3 aromatic carbocycles. The van der Waals surface area contributed by atoms with Crippen molar-refractivity contribution in [2.45, 2.75) is 46.1 Å². The summed E-state index contributed by atoms with van der Waals surface area (Å²) in [6.45, 7) is 13.7. The Kier molecular flexibility index (Phi) is 10.6. The molecular formula is C41H47N5O4. The van der Waals surface area contributed by atoms with Crippen molar-refractivity contribution in [2.24, 2.45) is 0 Å². The van der Waals surface area contributed by atoms with Crippen molar-refractivity contribution in [3.05, 3.63) is 107 Å². The van der Waals surface area contributed by atoms with Crippen LogP contribution in [0.1, 0.15) is 54.2 Å². The Morgan fingerprint density at radius 3 is 2.16 bits per heavy atom. The summed E-state index contributed by atoms with van der Waals surface area (Å²) in [4.78, 5) is 41.4. The maximum atomic E-state index is 12.7. The van der Waals surface area contributed by atoms with Crippen molar-refractivity contribution in [2.75, 3.05) is 57.8 Å². The third kappa shape index (κ3) is 8.40. The molecule has 0 bridgehead atoms. The number of amides is 1. The lowest BCUT2D eigenvalue weighted by atomic mass is 9.91. The minimum Gasteiger partial charge on any atom is -0.465 e. The first-order chi connectivity index (χ1) is 24.1. The van der Waals surface area contributed by atoms with Crippen molar-refractivity contribution in [1.29, 1.82) is 0 Å². The van der Waals surface area contributed by atoms with E-state index in [0.29, 0.717) is 30.9 Å². The topological polar surface area (TPSA) is 88.1 Å². The molecule has 2 aliphatic heterocycles. The molecule has 2 aliphatic rings. The fraction of sp³-hybridized carbons (Fsp3) is 0.366. The third-order valence-electron chi connectivity index (χ3n) is 9.44. The van der Waals surface area contributed by atoms with Crippen molar-refractivity contribution < 1.29 is 19.1 Å². The van der Waals surface area contributed by atoms with Crippen molar-refractivity contribution in [3.63, 3.8) is 0 Å². The second kappa shape index (κ2) is 15.3. The number of hydrogen-bond acceptors (Lipinski definition) is 8. The van der Waals surface area contributed by atoms with Gasteiger partial charge in [-0.25, -0.2) is 19.6 Å². The Balaban J connectivity index is 1.10. The van der Waals surface area contributed by atoms with E-state index in [1.807, 2.05) is 69.6 Å². The number of carbonyl (C=O) groups excluding carboxylic acids is 2. The van der Waals surface area contributed by atoms with Crippen LogP contribution in [0.25, 0.3) is 28.1 Å². The number of benzene rings is 3. The number of ether oxygens (including phenoxy) is 2. The first-order valence-corrected chi connectivity index (χ1v) is 17.4. The number of nitrogens with zero attached hydrogens (tertiary/aromatic N) is 5. The van der Waals surface area contributed by atoms with Gasteiger partial charge < -0.3 is 19.3 Å². The van der Waals surface area contributed by atoms with Crippen LogP contribution in [0.4, 0.5) is 10.5 Å². The van der Waals surface area contributed by atoms with E-state index in [-0.39, 0.29) is 6.09 Å². The Morgan fingerprint density at radius 2 is 1.52 bits per heavy atom. The second-order valence-electron chi connectivity index (χ2n) is 14.0. The molecule has 1 fully saturated rings. The first-order valence-electron chi connectivity index (χ1n) is 17.4. The van der Waals surface area contributed by atoms with Gasteiger partial charge >= 0.3 is 12.1 Å². The van der Waals surface area contributed by atoms with Gasteiger partial charge in [0.25, 0.3) is 0 Å². The average molecular weight is 674 g/mol. The number of carbonyl (C=O) groups is 2. The van der Waals surface area contributed by atoms with E-state index in [9.17, 15) is 9.59 Å².